The van der Waals surface area contributed by atoms with Gasteiger partial charge in [-0.3, -0.25) is 4.68 Å². The van der Waals surface area contributed by atoms with E-state index >= 15 is 0 Å². The minimum atomic E-state index is -0.915. The van der Waals surface area contributed by atoms with Gasteiger partial charge in [0.05, 0.1) is 17.4 Å². The zero-order valence-electron chi connectivity index (χ0n) is 11.2. The third-order valence-corrected chi connectivity index (χ3v) is 2.88. The minimum Gasteiger partial charge on any atom is -0.478 e. The molecule has 0 atom stereocenters. The van der Waals surface area contributed by atoms with E-state index in [1.54, 1.807) is 24.4 Å². The van der Waals surface area contributed by atoms with Crippen molar-refractivity contribution in [3.8, 4) is 0 Å². The van der Waals surface area contributed by atoms with Gasteiger partial charge in [-0.1, -0.05) is 0 Å². The van der Waals surface area contributed by atoms with Crippen molar-refractivity contribution >= 4 is 17.3 Å². The summed E-state index contributed by atoms with van der Waals surface area (Å²) in [5, 5.41) is 16.4. The Morgan fingerprint density at radius 1 is 1.42 bits per heavy atom. The number of carboxylic acids is 1. The van der Waals surface area contributed by atoms with Crippen LogP contribution in [0.15, 0.2) is 30.6 Å². The van der Waals surface area contributed by atoms with Crippen molar-refractivity contribution in [3.05, 3.63) is 41.7 Å². The van der Waals surface area contributed by atoms with Gasteiger partial charge in [-0.05, 0) is 44.5 Å². The van der Waals surface area contributed by atoms with Crippen molar-refractivity contribution in [1.82, 2.24) is 9.78 Å². The smallest absolute Gasteiger partial charge is 0.335 e. The van der Waals surface area contributed by atoms with Crippen LogP contribution in [0.3, 0.4) is 0 Å². The third kappa shape index (κ3) is 2.93. The summed E-state index contributed by atoms with van der Waals surface area (Å²) < 4.78 is 1.86. The van der Waals surface area contributed by atoms with Crippen molar-refractivity contribution in [2.24, 2.45) is 0 Å². The Bertz CT molecular complexity index is 602. The highest BCUT2D eigenvalue weighted by molar-refractivity contribution is 5.88. The maximum Gasteiger partial charge on any atom is 0.335 e. The summed E-state index contributed by atoms with van der Waals surface area (Å²) in [7, 11) is 0. The van der Waals surface area contributed by atoms with Crippen LogP contribution in [0, 0.1) is 6.92 Å². The number of aryl methyl sites for hydroxylation is 1. The molecule has 0 radical (unpaired) electrons. The van der Waals surface area contributed by atoms with E-state index in [0.29, 0.717) is 11.6 Å². The van der Waals surface area contributed by atoms with Crippen LogP contribution in [-0.2, 0) is 0 Å². The molecule has 0 aliphatic carbocycles. The first-order chi connectivity index (χ1) is 8.97. The molecular weight excluding hydrogens is 242 g/mol. The summed E-state index contributed by atoms with van der Waals surface area (Å²) in [6, 6.07) is 5.32. The summed E-state index contributed by atoms with van der Waals surface area (Å²) in [4.78, 5) is 10.9. The van der Waals surface area contributed by atoms with Gasteiger partial charge in [-0.25, -0.2) is 4.79 Å². The topological polar surface area (TPSA) is 67.2 Å². The van der Waals surface area contributed by atoms with Crippen molar-refractivity contribution in [2.75, 3.05) is 5.32 Å². The Labute approximate surface area is 111 Å². The molecule has 0 fully saturated rings. The molecule has 0 spiro atoms. The predicted octanol–water partition coefficient (Wildman–Crippen LogP) is 3.21. The number of nitrogens with zero attached hydrogens (tertiary/aromatic N) is 2. The molecule has 0 saturated heterocycles. The highest BCUT2D eigenvalue weighted by Crippen LogP contribution is 2.22. The van der Waals surface area contributed by atoms with E-state index < -0.39 is 5.97 Å². The Kier molecular flexibility index (Phi) is 3.55. The van der Waals surface area contributed by atoms with Crippen molar-refractivity contribution in [3.63, 3.8) is 0 Å². The Hall–Kier alpha value is -2.30. The third-order valence-electron chi connectivity index (χ3n) is 2.88. The van der Waals surface area contributed by atoms with Crippen LogP contribution in [0.5, 0.6) is 0 Å². The molecule has 5 heteroatoms. The lowest BCUT2D eigenvalue weighted by molar-refractivity contribution is 0.0697. The number of carboxylic acid groups (broad SMARTS) is 1. The second kappa shape index (κ2) is 5.14. The van der Waals surface area contributed by atoms with Crippen LogP contribution in [0.2, 0.25) is 0 Å². The number of benzene rings is 1. The van der Waals surface area contributed by atoms with Gasteiger partial charge in [0.2, 0.25) is 0 Å². The molecule has 1 aromatic carbocycles. The molecule has 2 rings (SSSR count). The van der Waals surface area contributed by atoms with E-state index in [0.717, 1.165) is 16.9 Å². The molecule has 0 aliphatic heterocycles. The zero-order valence-corrected chi connectivity index (χ0v) is 11.2. The number of hydrogen-bond donors (Lipinski definition) is 2. The van der Waals surface area contributed by atoms with Gasteiger partial charge in [-0.15, -0.1) is 0 Å². The van der Waals surface area contributed by atoms with E-state index in [4.69, 9.17) is 5.11 Å². The number of anilines is 2. The number of nitrogens with one attached hydrogen (secondary N) is 1. The number of hydrogen-bond acceptors (Lipinski definition) is 3. The average molecular weight is 259 g/mol. The van der Waals surface area contributed by atoms with Gasteiger partial charge in [0, 0.05) is 17.9 Å². The van der Waals surface area contributed by atoms with Gasteiger partial charge in [0.25, 0.3) is 0 Å². The van der Waals surface area contributed by atoms with Crippen LogP contribution in [0.1, 0.15) is 35.8 Å². The molecule has 100 valence electrons. The van der Waals surface area contributed by atoms with E-state index in [-0.39, 0.29) is 0 Å². The van der Waals surface area contributed by atoms with Gasteiger partial charge in [0.1, 0.15) is 0 Å². The largest absolute Gasteiger partial charge is 0.478 e. The molecular formula is C14H17N3O2. The summed E-state index contributed by atoms with van der Waals surface area (Å²) in [6.45, 7) is 6.00. The number of carbonyl (C=O) groups is 1. The minimum absolute atomic E-state index is 0.293. The van der Waals surface area contributed by atoms with E-state index in [2.05, 4.69) is 24.3 Å². The highest BCUT2D eigenvalue weighted by Gasteiger charge is 2.07. The number of aromatic carboxylic acids is 1. The van der Waals surface area contributed by atoms with E-state index in [1.165, 1.54) is 0 Å². The lowest BCUT2D eigenvalue weighted by atomic mass is 10.1. The average Bonchev–Trinajstić information content (AvgIpc) is 2.80. The number of aromatic nitrogens is 2. The molecule has 2 aromatic rings. The SMILES string of the molecule is Cc1cc(C(=O)O)ccc1Nc1cnn(C(C)C)c1. The lowest BCUT2D eigenvalue weighted by Gasteiger charge is -2.08. The van der Waals surface area contributed by atoms with Crippen molar-refractivity contribution < 1.29 is 9.90 Å². The Balaban J connectivity index is 2.20. The van der Waals surface area contributed by atoms with Gasteiger partial charge in [-0.2, -0.15) is 5.10 Å². The second-order valence-electron chi connectivity index (χ2n) is 4.76. The molecule has 19 heavy (non-hydrogen) atoms. The molecule has 0 amide bonds. The standard InChI is InChI=1S/C14H17N3O2/c1-9(2)17-8-12(7-15-17)16-13-5-4-11(14(18)19)6-10(13)3/h4-9,16H,1-3H3,(H,18,19). The molecule has 0 aliphatic rings. The fraction of sp³-hybridized carbons (Fsp3) is 0.286. The summed E-state index contributed by atoms with van der Waals surface area (Å²) in [5.74, 6) is -0.915. The van der Waals surface area contributed by atoms with Crippen LogP contribution in [0.4, 0.5) is 11.4 Å². The van der Waals surface area contributed by atoms with Gasteiger partial charge >= 0.3 is 5.97 Å². The first-order valence-corrected chi connectivity index (χ1v) is 6.12. The maximum absolute atomic E-state index is 10.9. The first-order valence-electron chi connectivity index (χ1n) is 6.12. The van der Waals surface area contributed by atoms with Gasteiger partial charge in [0.15, 0.2) is 0 Å². The van der Waals surface area contributed by atoms with Crippen LogP contribution in [0.25, 0.3) is 0 Å². The zero-order chi connectivity index (χ0) is 14.0. The molecule has 0 unspecified atom stereocenters. The normalized spacial score (nSPS) is 10.7. The summed E-state index contributed by atoms with van der Waals surface area (Å²) >= 11 is 0. The fourth-order valence-corrected chi connectivity index (χ4v) is 1.78. The molecule has 0 saturated carbocycles. The quantitative estimate of drug-likeness (QED) is 0.884. The first kappa shape index (κ1) is 13.1. The lowest BCUT2D eigenvalue weighted by Crippen LogP contribution is -2.00. The Morgan fingerprint density at radius 3 is 2.68 bits per heavy atom. The van der Waals surface area contributed by atoms with Crippen LogP contribution >= 0.6 is 0 Å². The molecule has 2 N–H and O–H groups in total. The molecule has 1 aromatic heterocycles. The van der Waals surface area contributed by atoms with Crippen molar-refractivity contribution in [2.45, 2.75) is 26.8 Å². The second-order valence-corrected chi connectivity index (χ2v) is 4.76. The summed E-state index contributed by atoms with van der Waals surface area (Å²) in [6.07, 6.45) is 3.68. The van der Waals surface area contributed by atoms with Crippen molar-refractivity contribution in [1.29, 1.82) is 0 Å². The predicted molar refractivity (Wildman–Crippen MR) is 74.0 cm³/mol. The monoisotopic (exact) mass is 259 g/mol. The molecule has 1 heterocycles. The highest BCUT2D eigenvalue weighted by atomic mass is 16.4. The van der Waals surface area contributed by atoms with E-state index in [1.807, 2.05) is 17.8 Å². The molecule has 0 bridgehead atoms. The maximum atomic E-state index is 10.9. The van der Waals surface area contributed by atoms with E-state index in [9.17, 15) is 4.79 Å². The van der Waals surface area contributed by atoms with Gasteiger partial charge < -0.3 is 10.4 Å². The van der Waals surface area contributed by atoms with Crippen LogP contribution in [-0.4, -0.2) is 20.9 Å². The Morgan fingerprint density at radius 2 is 2.16 bits per heavy atom. The molecule has 5 nitrogen and oxygen atoms in total. The summed E-state index contributed by atoms with van der Waals surface area (Å²) in [5.41, 5.74) is 2.95. The van der Waals surface area contributed by atoms with Crippen LogP contribution < -0.4 is 5.32 Å². The fourth-order valence-electron chi connectivity index (χ4n) is 1.78. The number of rotatable bonds is 4.